The van der Waals surface area contributed by atoms with Crippen molar-refractivity contribution in [3.63, 3.8) is 0 Å². The first kappa shape index (κ1) is 13.1. The van der Waals surface area contributed by atoms with E-state index < -0.39 is 10.2 Å². The fraction of sp³-hybridized carbons (Fsp3) is 0.333. The molecular weight excluding hydrogens is 250 g/mol. The molecule has 0 aliphatic rings. The number of hydrogen-bond acceptors (Lipinski definition) is 2. The molecule has 1 aromatic carbocycles. The van der Waals surface area contributed by atoms with E-state index in [1.807, 2.05) is 30.5 Å². The van der Waals surface area contributed by atoms with Crippen LogP contribution in [-0.4, -0.2) is 19.4 Å². The molecule has 2 aromatic rings. The highest BCUT2D eigenvalue weighted by Gasteiger charge is 2.12. The Labute approximate surface area is 107 Å². The lowest BCUT2D eigenvalue weighted by Gasteiger charge is -2.10. The quantitative estimate of drug-likeness (QED) is 0.768. The number of benzene rings is 1. The minimum atomic E-state index is -3.44. The number of nitrogens with one attached hydrogen (secondary N) is 3. The molecule has 0 unspecified atom stereocenters. The van der Waals surface area contributed by atoms with Gasteiger partial charge >= 0.3 is 0 Å². The average Bonchev–Trinajstić information content (AvgIpc) is 2.68. The molecule has 98 valence electrons. The molecule has 0 aliphatic carbocycles. The highest BCUT2D eigenvalue weighted by Crippen LogP contribution is 2.17. The maximum Gasteiger partial charge on any atom is 0.277 e. The Balaban J connectivity index is 2.11. The van der Waals surface area contributed by atoms with Gasteiger partial charge in [-0.2, -0.15) is 17.9 Å². The summed E-state index contributed by atoms with van der Waals surface area (Å²) < 4.78 is 28.3. The molecule has 0 saturated heterocycles. The van der Waals surface area contributed by atoms with E-state index in [9.17, 15) is 8.42 Å². The summed E-state index contributed by atoms with van der Waals surface area (Å²) in [6.45, 7) is 3.84. The third-order valence-electron chi connectivity index (χ3n) is 2.52. The number of hydrogen-bond donors (Lipinski definition) is 3. The van der Waals surface area contributed by atoms with E-state index in [2.05, 4.69) is 14.4 Å². The van der Waals surface area contributed by atoms with E-state index >= 15 is 0 Å². The zero-order valence-corrected chi connectivity index (χ0v) is 11.2. The second-order valence-corrected chi connectivity index (χ2v) is 5.99. The Hall–Kier alpha value is -1.37. The standard InChI is InChI=1S/C12H17N3O2S/c1-9(2)15-18(16,17)14-8-10-7-13-12-6-4-3-5-11(10)12/h3-7,9,13-15H,8H2,1-2H3. The molecular formula is C12H17N3O2S. The maximum absolute atomic E-state index is 11.6. The Morgan fingerprint density at radius 2 is 2.00 bits per heavy atom. The van der Waals surface area contributed by atoms with Crippen molar-refractivity contribution in [3.8, 4) is 0 Å². The third kappa shape index (κ3) is 3.10. The summed E-state index contributed by atoms with van der Waals surface area (Å²) in [6, 6.07) is 7.67. The van der Waals surface area contributed by atoms with Gasteiger partial charge in [-0.15, -0.1) is 0 Å². The fourth-order valence-electron chi connectivity index (χ4n) is 1.80. The van der Waals surface area contributed by atoms with Gasteiger partial charge in [0.15, 0.2) is 0 Å². The van der Waals surface area contributed by atoms with Crippen molar-refractivity contribution in [2.45, 2.75) is 26.4 Å². The predicted octanol–water partition coefficient (Wildman–Crippen LogP) is 1.50. The van der Waals surface area contributed by atoms with Crippen molar-refractivity contribution in [1.82, 2.24) is 14.4 Å². The first-order valence-electron chi connectivity index (χ1n) is 5.80. The van der Waals surface area contributed by atoms with Crippen LogP contribution < -0.4 is 9.44 Å². The smallest absolute Gasteiger partial charge is 0.277 e. The number of rotatable bonds is 5. The van der Waals surface area contributed by atoms with Crippen molar-refractivity contribution < 1.29 is 8.42 Å². The zero-order chi connectivity index (χ0) is 13.2. The minimum Gasteiger partial charge on any atom is -0.361 e. The second kappa shape index (κ2) is 5.09. The van der Waals surface area contributed by atoms with E-state index in [0.29, 0.717) is 0 Å². The van der Waals surface area contributed by atoms with Crippen LogP contribution >= 0.6 is 0 Å². The summed E-state index contributed by atoms with van der Waals surface area (Å²) in [4.78, 5) is 3.11. The summed E-state index contributed by atoms with van der Waals surface area (Å²) in [5.41, 5.74) is 1.93. The van der Waals surface area contributed by atoms with E-state index in [1.165, 1.54) is 0 Å². The minimum absolute atomic E-state index is 0.120. The normalized spacial score (nSPS) is 12.4. The fourth-order valence-corrected chi connectivity index (χ4v) is 2.85. The largest absolute Gasteiger partial charge is 0.361 e. The van der Waals surface area contributed by atoms with Crippen molar-refractivity contribution in [3.05, 3.63) is 36.0 Å². The van der Waals surface area contributed by atoms with Gasteiger partial charge in [-0.05, 0) is 25.5 Å². The number of H-pyrrole nitrogens is 1. The van der Waals surface area contributed by atoms with Crippen molar-refractivity contribution in [2.75, 3.05) is 0 Å². The lowest BCUT2D eigenvalue weighted by Crippen LogP contribution is -2.39. The summed E-state index contributed by atoms with van der Waals surface area (Å²) in [7, 11) is -3.44. The molecule has 0 saturated carbocycles. The van der Waals surface area contributed by atoms with Gasteiger partial charge in [-0.25, -0.2) is 0 Å². The van der Waals surface area contributed by atoms with E-state index in [-0.39, 0.29) is 12.6 Å². The Kier molecular flexibility index (Phi) is 3.70. The second-order valence-electron chi connectivity index (χ2n) is 4.46. The highest BCUT2D eigenvalue weighted by atomic mass is 32.2. The summed E-state index contributed by atoms with van der Waals surface area (Å²) >= 11 is 0. The van der Waals surface area contributed by atoms with Crippen LogP contribution in [0.3, 0.4) is 0 Å². The lowest BCUT2D eigenvalue weighted by atomic mass is 10.2. The Bertz CT molecular complexity index is 632. The molecule has 3 N–H and O–H groups in total. The summed E-state index contributed by atoms with van der Waals surface area (Å²) in [5, 5.41) is 1.03. The molecule has 0 aliphatic heterocycles. The Morgan fingerprint density at radius 1 is 1.28 bits per heavy atom. The maximum atomic E-state index is 11.6. The molecule has 1 heterocycles. The van der Waals surface area contributed by atoms with Gasteiger partial charge < -0.3 is 4.98 Å². The van der Waals surface area contributed by atoms with E-state index in [0.717, 1.165) is 16.5 Å². The highest BCUT2D eigenvalue weighted by molar-refractivity contribution is 7.87. The lowest BCUT2D eigenvalue weighted by molar-refractivity contribution is 0.555. The van der Waals surface area contributed by atoms with Gasteiger partial charge in [-0.3, -0.25) is 0 Å². The van der Waals surface area contributed by atoms with Gasteiger partial charge in [0.2, 0.25) is 0 Å². The molecule has 18 heavy (non-hydrogen) atoms. The SMILES string of the molecule is CC(C)NS(=O)(=O)NCc1c[nH]c2ccccc12. The number of aromatic amines is 1. The topological polar surface area (TPSA) is 74.0 Å². The predicted molar refractivity (Wildman–Crippen MR) is 72.3 cm³/mol. The molecule has 0 amide bonds. The van der Waals surface area contributed by atoms with Crippen LogP contribution in [0.2, 0.25) is 0 Å². The summed E-state index contributed by atoms with van der Waals surface area (Å²) in [6.07, 6.45) is 1.82. The number of aromatic nitrogens is 1. The van der Waals surface area contributed by atoms with Crippen LogP contribution in [0.25, 0.3) is 10.9 Å². The van der Waals surface area contributed by atoms with Gasteiger partial charge in [-0.1, -0.05) is 18.2 Å². The molecule has 0 atom stereocenters. The Morgan fingerprint density at radius 3 is 2.72 bits per heavy atom. The van der Waals surface area contributed by atoms with Gasteiger partial charge in [0.1, 0.15) is 0 Å². The summed E-state index contributed by atoms with van der Waals surface area (Å²) in [5.74, 6) is 0. The van der Waals surface area contributed by atoms with Gasteiger partial charge in [0, 0.05) is 29.7 Å². The molecule has 6 heteroatoms. The van der Waals surface area contributed by atoms with Crippen LogP contribution in [0.5, 0.6) is 0 Å². The van der Waals surface area contributed by atoms with Crippen molar-refractivity contribution >= 4 is 21.1 Å². The van der Waals surface area contributed by atoms with E-state index in [4.69, 9.17) is 0 Å². The molecule has 0 bridgehead atoms. The number of fused-ring (bicyclic) bond motifs is 1. The molecule has 5 nitrogen and oxygen atoms in total. The zero-order valence-electron chi connectivity index (χ0n) is 10.4. The van der Waals surface area contributed by atoms with Crippen LogP contribution in [-0.2, 0) is 16.8 Å². The molecule has 0 radical (unpaired) electrons. The first-order valence-corrected chi connectivity index (χ1v) is 7.28. The first-order chi connectivity index (χ1) is 8.48. The third-order valence-corrected chi connectivity index (χ3v) is 3.82. The average molecular weight is 267 g/mol. The van der Waals surface area contributed by atoms with Gasteiger partial charge in [0.25, 0.3) is 10.2 Å². The van der Waals surface area contributed by atoms with E-state index in [1.54, 1.807) is 13.8 Å². The van der Waals surface area contributed by atoms with Crippen LogP contribution in [0.15, 0.2) is 30.5 Å². The molecule has 0 fully saturated rings. The monoisotopic (exact) mass is 267 g/mol. The van der Waals surface area contributed by atoms with Crippen molar-refractivity contribution in [2.24, 2.45) is 0 Å². The molecule has 0 spiro atoms. The molecule has 1 aromatic heterocycles. The van der Waals surface area contributed by atoms with Crippen LogP contribution in [0, 0.1) is 0 Å². The number of para-hydroxylation sites is 1. The van der Waals surface area contributed by atoms with Crippen LogP contribution in [0.4, 0.5) is 0 Å². The van der Waals surface area contributed by atoms with Gasteiger partial charge in [0.05, 0.1) is 0 Å². The van der Waals surface area contributed by atoms with Crippen molar-refractivity contribution in [1.29, 1.82) is 0 Å². The molecule has 2 rings (SSSR count). The van der Waals surface area contributed by atoms with Crippen LogP contribution in [0.1, 0.15) is 19.4 Å².